The van der Waals surface area contributed by atoms with Gasteiger partial charge >= 0.3 is 0 Å². The molecule has 2 aromatic heterocycles. The average Bonchev–Trinajstić information content (AvgIpc) is 3.19. The molecular formula is C16H19N5O. The highest BCUT2D eigenvalue weighted by Crippen LogP contribution is 2.25. The molecule has 0 bridgehead atoms. The zero-order valence-corrected chi connectivity index (χ0v) is 12.9. The van der Waals surface area contributed by atoms with Crippen LogP contribution in [0.25, 0.3) is 11.0 Å². The number of fused-ring (bicyclic) bond motifs is 1. The highest BCUT2D eigenvalue weighted by atomic mass is 16.6. The summed E-state index contributed by atoms with van der Waals surface area (Å²) in [6.45, 7) is 7.15. The molecular weight excluding hydrogens is 278 g/mol. The minimum Gasteiger partial charge on any atom is -0.297 e. The van der Waals surface area contributed by atoms with Gasteiger partial charge < -0.3 is 0 Å². The van der Waals surface area contributed by atoms with Crippen molar-refractivity contribution in [2.75, 3.05) is 13.1 Å². The van der Waals surface area contributed by atoms with Gasteiger partial charge in [-0.25, -0.2) is 4.63 Å². The topological polar surface area (TPSA) is 60.0 Å². The van der Waals surface area contributed by atoms with Crippen LogP contribution in [0, 0.1) is 13.8 Å². The van der Waals surface area contributed by atoms with Crippen LogP contribution >= 0.6 is 0 Å². The first-order chi connectivity index (χ1) is 10.7. The van der Waals surface area contributed by atoms with Gasteiger partial charge in [0.05, 0.1) is 11.7 Å². The van der Waals surface area contributed by atoms with E-state index in [4.69, 9.17) is 4.63 Å². The molecule has 1 saturated heterocycles. The summed E-state index contributed by atoms with van der Waals surface area (Å²) in [5, 5.41) is 12.6. The Morgan fingerprint density at radius 2 is 2.18 bits per heavy atom. The van der Waals surface area contributed by atoms with E-state index in [1.807, 2.05) is 12.1 Å². The second kappa shape index (κ2) is 5.21. The predicted molar refractivity (Wildman–Crippen MR) is 82.4 cm³/mol. The van der Waals surface area contributed by atoms with Crippen molar-refractivity contribution in [2.45, 2.75) is 32.9 Å². The van der Waals surface area contributed by atoms with Gasteiger partial charge in [0.2, 0.25) is 0 Å². The lowest BCUT2D eigenvalue weighted by atomic mass is 10.2. The third kappa shape index (κ3) is 2.29. The van der Waals surface area contributed by atoms with Gasteiger partial charge in [0, 0.05) is 25.3 Å². The molecule has 1 aliphatic rings. The van der Waals surface area contributed by atoms with E-state index in [1.54, 1.807) is 0 Å². The summed E-state index contributed by atoms with van der Waals surface area (Å²) >= 11 is 0. The molecule has 0 aliphatic carbocycles. The van der Waals surface area contributed by atoms with Crippen molar-refractivity contribution < 1.29 is 4.63 Å². The minimum absolute atomic E-state index is 0.461. The number of hydrogen-bond acceptors (Lipinski definition) is 5. The quantitative estimate of drug-likeness (QED) is 0.743. The smallest absolute Gasteiger partial charge is 0.139 e. The van der Waals surface area contributed by atoms with Crippen LogP contribution in [0.4, 0.5) is 0 Å². The summed E-state index contributed by atoms with van der Waals surface area (Å²) in [6, 6.07) is 8.64. The highest BCUT2D eigenvalue weighted by Gasteiger charge is 2.26. The number of rotatable bonds is 3. The fourth-order valence-electron chi connectivity index (χ4n) is 3.40. The maximum Gasteiger partial charge on any atom is 0.139 e. The number of hydrogen-bond donors (Lipinski definition) is 0. The highest BCUT2D eigenvalue weighted by molar-refractivity contribution is 5.76. The summed E-state index contributed by atoms with van der Waals surface area (Å²) in [4.78, 5) is 2.45. The number of benzene rings is 1. The number of nitrogens with zero attached hydrogens (tertiary/aromatic N) is 5. The summed E-state index contributed by atoms with van der Waals surface area (Å²) < 4.78 is 7.02. The summed E-state index contributed by atoms with van der Waals surface area (Å²) in [5.74, 6) is 0. The molecule has 0 saturated carbocycles. The first kappa shape index (κ1) is 13.5. The van der Waals surface area contributed by atoms with E-state index in [1.165, 1.54) is 11.3 Å². The zero-order chi connectivity index (χ0) is 15.1. The Hall–Kier alpha value is -2.21. The molecule has 1 aliphatic heterocycles. The molecule has 0 N–H and O–H groups in total. The molecule has 3 aromatic rings. The van der Waals surface area contributed by atoms with E-state index in [0.29, 0.717) is 6.04 Å². The van der Waals surface area contributed by atoms with Crippen LogP contribution in [-0.2, 0) is 6.54 Å². The molecule has 1 aromatic carbocycles. The molecule has 114 valence electrons. The Kier molecular flexibility index (Phi) is 3.18. The summed E-state index contributed by atoms with van der Waals surface area (Å²) in [5.41, 5.74) is 5.21. The molecule has 1 atom stereocenters. The van der Waals surface area contributed by atoms with Gasteiger partial charge in [0.15, 0.2) is 0 Å². The summed E-state index contributed by atoms with van der Waals surface area (Å²) in [7, 11) is 0. The van der Waals surface area contributed by atoms with Crippen LogP contribution < -0.4 is 0 Å². The lowest BCUT2D eigenvalue weighted by Crippen LogP contribution is -2.22. The zero-order valence-electron chi connectivity index (χ0n) is 12.9. The van der Waals surface area contributed by atoms with Crippen molar-refractivity contribution in [1.82, 2.24) is 25.0 Å². The van der Waals surface area contributed by atoms with Crippen LogP contribution in [0.15, 0.2) is 28.9 Å². The third-order valence-corrected chi connectivity index (χ3v) is 4.40. The van der Waals surface area contributed by atoms with E-state index < -0.39 is 0 Å². The molecule has 3 heterocycles. The Morgan fingerprint density at radius 1 is 1.27 bits per heavy atom. The van der Waals surface area contributed by atoms with Crippen molar-refractivity contribution in [1.29, 1.82) is 0 Å². The maximum atomic E-state index is 4.85. The van der Waals surface area contributed by atoms with Crippen LogP contribution in [0.3, 0.4) is 0 Å². The van der Waals surface area contributed by atoms with Gasteiger partial charge in [-0.2, -0.15) is 5.10 Å². The van der Waals surface area contributed by atoms with Crippen molar-refractivity contribution in [3.63, 3.8) is 0 Å². The van der Waals surface area contributed by atoms with Gasteiger partial charge in [-0.15, -0.1) is 0 Å². The van der Waals surface area contributed by atoms with Crippen molar-refractivity contribution in [2.24, 2.45) is 0 Å². The summed E-state index contributed by atoms with van der Waals surface area (Å²) in [6.07, 6.45) is 1.13. The Balaban J connectivity index is 1.51. The molecule has 0 amide bonds. The lowest BCUT2D eigenvalue weighted by molar-refractivity contribution is 0.306. The second-order valence-electron chi connectivity index (χ2n) is 6.10. The molecule has 0 radical (unpaired) electrons. The van der Waals surface area contributed by atoms with Gasteiger partial charge in [0.25, 0.3) is 0 Å². The molecule has 1 fully saturated rings. The lowest BCUT2D eigenvalue weighted by Gasteiger charge is -2.17. The Morgan fingerprint density at radius 3 is 3.00 bits per heavy atom. The van der Waals surface area contributed by atoms with E-state index in [-0.39, 0.29) is 0 Å². The van der Waals surface area contributed by atoms with Crippen LogP contribution in [0.2, 0.25) is 0 Å². The average molecular weight is 297 g/mol. The normalized spacial score (nSPS) is 19.3. The predicted octanol–water partition coefficient (Wildman–Crippen LogP) is 2.48. The fourth-order valence-corrected chi connectivity index (χ4v) is 3.40. The first-order valence-electron chi connectivity index (χ1n) is 7.66. The minimum atomic E-state index is 0.461. The third-order valence-electron chi connectivity index (χ3n) is 4.40. The standard InChI is InChI=1S/C16H19N5O/c1-11-8-12(2)21(17-11)14-6-7-20(10-14)9-13-4-3-5-15-16(13)19-22-18-15/h3-5,8,14H,6-7,9-10H2,1-2H3. The van der Waals surface area contributed by atoms with E-state index in [9.17, 15) is 0 Å². The molecule has 0 spiro atoms. The van der Waals surface area contributed by atoms with E-state index in [2.05, 4.69) is 51.0 Å². The molecule has 6 heteroatoms. The van der Waals surface area contributed by atoms with Crippen LogP contribution in [-0.4, -0.2) is 38.1 Å². The Labute approximate surface area is 128 Å². The van der Waals surface area contributed by atoms with Crippen molar-refractivity contribution >= 4 is 11.0 Å². The van der Waals surface area contributed by atoms with Gasteiger partial charge in [-0.1, -0.05) is 12.1 Å². The van der Waals surface area contributed by atoms with Gasteiger partial charge in [-0.3, -0.25) is 9.58 Å². The SMILES string of the molecule is Cc1cc(C)n(C2CCN(Cc3cccc4nonc34)C2)n1. The fraction of sp³-hybridized carbons (Fsp3) is 0.438. The molecule has 1 unspecified atom stereocenters. The van der Waals surface area contributed by atoms with E-state index >= 15 is 0 Å². The largest absolute Gasteiger partial charge is 0.297 e. The molecule has 22 heavy (non-hydrogen) atoms. The number of aromatic nitrogens is 4. The Bertz CT molecular complexity index is 806. The van der Waals surface area contributed by atoms with Gasteiger partial charge in [0.1, 0.15) is 11.0 Å². The van der Waals surface area contributed by atoms with Crippen LogP contribution in [0.1, 0.15) is 29.4 Å². The monoisotopic (exact) mass is 297 g/mol. The maximum absolute atomic E-state index is 4.85. The van der Waals surface area contributed by atoms with Crippen molar-refractivity contribution in [3.8, 4) is 0 Å². The first-order valence-corrected chi connectivity index (χ1v) is 7.66. The van der Waals surface area contributed by atoms with E-state index in [0.717, 1.165) is 42.8 Å². The van der Waals surface area contributed by atoms with Crippen LogP contribution in [0.5, 0.6) is 0 Å². The molecule has 6 nitrogen and oxygen atoms in total. The number of aryl methyl sites for hydroxylation is 2. The van der Waals surface area contributed by atoms with Gasteiger partial charge in [-0.05, 0) is 48.3 Å². The van der Waals surface area contributed by atoms with Crippen molar-refractivity contribution in [3.05, 3.63) is 41.2 Å². The number of likely N-dealkylation sites (tertiary alicyclic amines) is 1. The molecule has 4 rings (SSSR count). The second-order valence-corrected chi connectivity index (χ2v) is 6.10.